The minimum Gasteiger partial charge on any atom is -0.339 e. The van der Waals surface area contributed by atoms with Gasteiger partial charge in [0.2, 0.25) is 11.8 Å². The molecule has 6 heteroatoms. The molecule has 29 heavy (non-hydrogen) atoms. The van der Waals surface area contributed by atoms with Crippen LogP contribution in [0.2, 0.25) is 0 Å². The van der Waals surface area contributed by atoms with E-state index in [1.54, 1.807) is 24.3 Å². The molecule has 0 spiro atoms. The Morgan fingerprint density at radius 2 is 1.66 bits per heavy atom. The summed E-state index contributed by atoms with van der Waals surface area (Å²) in [7, 11) is 0. The van der Waals surface area contributed by atoms with E-state index in [4.69, 9.17) is 0 Å². The topological polar surface area (TPSA) is 78.5 Å². The third-order valence-corrected chi connectivity index (χ3v) is 4.80. The maximum absolute atomic E-state index is 12.9. The molecular formula is C23H25N3O3. The van der Waals surface area contributed by atoms with Gasteiger partial charge in [0.15, 0.2) is 0 Å². The van der Waals surface area contributed by atoms with E-state index < -0.39 is 0 Å². The molecule has 0 unspecified atom stereocenters. The molecule has 0 saturated carbocycles. The number of likely N-dealkylation sites (tertiary alicyclic amines) is 1. The number of nitrogens with zero attached hydrogens (tertiary/aromatic N) is 1. The second-order valence-corrected chi connectivity index (χ2v) is 7.12. The van der Waals surface area contributed by atoms with Gasteiger partial charge in [0, 0.05) is 31.8 Å². The number of hydrogen-bond donors (Lipinski definition) is 2. The molecule has 0 bridgehead atoms. The average molecular weight is 391 g/mol. The highest BCUT2D eigenvalue weighted by Crippen LogP contribution is 2.23. The van der Waals surface area contributed by atoms with E-state index in [0.29, 0.717) is 16.9 Å². The Morgan fingerprint density at radius 1 is 0.966 bits per heavy atom. The molecule has 150 valence electrons. The largest absolute Gasteiger partial charge is 0.339 e. The van der Waals surface area contributed by atoms with E-state index in [1.807, 2.05) is 36.1 Å². The summed E-state index contributed by atoms with van der Waals surface area (Å²) in [5, 5.41) is 5.53. The van der Waals surface area contributed by atoms with Gasteiger partial charge in [-0.05, 0) is 55.2 Å². The van der Waals surface area contributed by atoms with E-state index in [9.17, 15) is 14.4 Å². The zero-order valence-electron chi connectivity index (χ0n) is 16.7. The molecule has 0 atom stereocenters. The van der Waals surface area contributed by atoms with Crippen LogP contribution in [0.1, 0.15) is 41.3 Å². The molecule has 0 aromatic heterocycles. The smallest absolute Gasteiger partial charge is 0.256 e. The monoisotopic (exact) mass is 391 g/mol. The standard InChI is InChI=1S/C23H25N3O3/c1-16-6-5-7-20(22(16)23(29)26-14-3-4-15-26)25-21(28)13-10-18-8-11-19(12-9-18)24-17(2)27/h5-13H,3-4,14-15H2,1-2H3,(H,24,27)(H,25,28). The summed E-state index contributed by atoms with van der Waals surface area (Å²) < 4.78 is 0. The number of nitrogens with one attached hydrogen (secondary N) is 2. The highest BCUT2D eigenvalue weighted by molar-refractivity contribution is 6.08. The van der Waals surface area contributed by atoms with Gasteiger partial charge >= 0.3 is 0 Å². The number of hydrogen-bond acceptors (Lipinski definition) is 3. The fraction of sp³-hybridized carbons (Fsp3) is 0.261. The molecule has 1 heterocycles. The van der Waals surface area contributed by atoms with Crippen molar-refractivity contribution in [2.75, 3.05) is 23.7 Å². The minimum atomic E-state index is -0.308. The molecule has 1 aliphatic rings. The van der Waals surface area contributed by atoms with Crippen LogP contribution in [0.25, 0.3) is 6.08 Å². The number of rotatable bonds is 5. The average Bonchev–Trinajstić information content (AvgIpc) is 3.22. The molecule has 0 aliphatic carbocycles. The summed E-state index contributed by atoms with van der Waals surface area (Å²) in [6.07, 6.45) is 5.15. The maximum atomic E-state index is 12.9. The molecule has 2 aromatic rings. The molecular weight excluding hydrogens is 366 g/mol. The zero-order valence-corrected chi connectivity index (χ0v) is 16.7. The summed E-state index contributed by atoms with van der Waals surface area (Å²) >= 11 is 0. The summed E-state index contributed by atoms with van der Waals surface area (Å²) in [6.45, 7) is 4.85. The summed E-state index contributed by atoms with van der Waals surface area (Å²) in [6, 6.07) is 12.6. The lowest BCUT2D eigenvalue weighted by atomic mass is 10.0. The third-order valence-electron chi connectivity index (χ3n) is 4.80. The van der Waals surface area contributed by atoms with Gasteiger partial charge in [-0.3, -0.25) is 14.4 Å². The van der Waals surface area contributed by atoms with E-state index >= 15 is 0 Å². The lowest BCUT2D eigenvalue weighted by Crippen LogP contribution is -2.29. The van der Waals surface area contributed by atoms with Crippen molar-refractivity contribution in [3.63, 3.8) is 0 Å². The van der Waals surface area contributed by atoms with E-state index in [2.05, 4.69) is 10.6 Å². The van der Waals surface area contributed by atoms with Gasteiger partial charge < -0.3 is 15.5 Å². The van der Waals surface area contributed by atoms with Crippen molar-refractivity contribution in [2.45, 2.75) is 26.7 Å². The van der Waals surface area contributed by atoms with Gasteiger partial charge in [-0.15, -0.1) is 0 Å². The predicted octanol–water partition coefficient (Wildman–Crippen LogP) is 3.84. The highest BCUT2D eigenvalue weighted by atomic mass is 16.2. The highest BCUT2D eigenvalue weighted by Gasteiger charge is 2.23. The number of amides is 3. The van der Waals surface area contributed by atoms with E-state index in [-0.39, 0.29) is 17.7 Å². The molecule has 2 aromatic carbocycles. The van der Waals surface area contributed by atoms with Crippen LogP contribution in [0.5, 0.6) is 0 Å². The number of anilines is 2. The van der Waals surface area contributed by atoms with Crippen LogP contribution in [-0.4, -0.2) is 35.7 Å². The Bertz CT molecular complexity index is 942. The SMILES string of the molecule is CC(=O)Nc1ccc(C=CC(=O)Nc2cccc(C)c2C(=O)N2CCCC2)cc1. The van der Waals surface area contributed by atoms with Crippen molar-refractivity contribution < 1.29 is 14.4 Å². The zero-order chi connectivity index (χ0) is 20.8. The van der Waals surface area contributed by atoms with Crippen LogP contribution >= 0.6 is 0 Å². The third kappa shape index (κ3) is 5.31. The van der Waals surface area contributed by atoms with Gasteiger partial charge in [-0.1, -0.05) is 24.3 Å². The van der Waals surface area contributed by atoms with E-state index in [1.165, 1.54) is 13.0 Å². The van der Waals surface area contributed by atoms with Crippen molar-refractivity contribution >= 4 is 35.2 Å². The van der Waals surface area contributed by atoms with Gasteiger partial charge in [-0.25, -0.2) is 0 Å². The quantitative estimate of drug-likeness (QED) is 0.760. The van der Waals surface area contributed by atoms with Crippen LogP contribution in [0.4, 0.5) is 11.4 Å². The molecule has 6 nitrogen and oxygen atoms in total. The first-order chi connectivity index (χ1) is 13.9. The normalized spacial score (nSPS) is 13.5. The van der Waals surface area contributed by atoms with Crippen molar-refractivity contribution in [1.29, 1.82) is 0 Å². The van der Waals surface area contributed by atoms with Crippen LogP contribution in [-0.2, 0) is 9.59 Å². The Balaban J connectivity index is 1.70. The Kier molecular flexibility index (Phi) is 6.44. The molecule has 3 amide bonds. The van der Waals surface area contributed by atoms with Gasteiger partial charge in [0.25, 0.3) is 5.91 Å². The minimum absolute atomic E-state index is 0.0339. The predicted molar refractivity (Wildman–Crippen MR) is 115 cm³/mol. The number of carbonyl (C=O) groups excluding carboxylic acids is 3. The van der Waals surface area contributed by atoms with Crippen molar-refractivity contribution in [2.24, 2.45) is 0 Å². The van der Waals surface area contributed by atoms with Crippen LogP contribution in [0.3, 0.4) is 0 Å². The Labute approximate surface area is 170 Å². The number of aryl methyl sites for hydroxylation is 1. The first-order valence-electron chi connectivity index (χ1n) is 9.69. The van der Waals surface area contributed by atoms with Crippen LogP contribution < -0.4 is 10.6 Å². The van der Waals surface area contributed by atoms with Gasteiger partial charge in [0.05, 0.1) is 11.3 Å². The first-order valence-corrected chi connectivity index (χ1v) is 9.69. The molecule has 1 aliphatic heterocycles. The van der Waals surface area contributed by atoms with Crippen LogP contribution in [0.15, 0.2) is 48.5 Å². The molecule has 1 saturated heterocycles. The molecule has 3 rings (SSSR count). The number of carbonyl (C=O) groups is 3. The Hall–Kier alpha value is -3.41. The van der Waals surface area contributed by atoms with Crippen molar-refractivity contribution in [3.8, 4) is 0 Å². The first kappa shape index (κ1) is 20.3. The number of benzene rings is 2. The molecule has 1 fully saturated rings. The molecule has 2 N–H and O–H groups in total. The van der Waals surface area contributed by atoms with Crippen LogP contribution in [0, 0.1) is 6.92 Å². The second kappa shape index (κ2) is 9.19. The summed E-state index contributed by atoms with van der Waals surface area (Å²) in [5.74, 6) is -0.476. The summed E-state index contributed by atoms with van der Waals surface area (Å²) in [4.78, 5) is 38.2. The fourth-order valence-corrected chi connectivity index (χ4v) is 3.36. The van der Waals surface area contributed by atoms with E-state index in [0.717, 1.165) is 37.1 Å². The Morgan fingerprint density at radius 3 is 2.31 bits per heavy atom. The van der Waals surface area contributed by atoms with Gasteiger partial charge in [-0.2, -0.15) is 0 Å². The van der Waals surface area contributed by atoms with Crippen molar-refractivity contribution in [3.05, 3.63) is 65.2 Å². The second-order valence-electron chi connectivity index (χ2n) is 7.12. The molecule has 0 radical (unpaired) electrons. The fourth-order valence-electron chi connectivity index (χ4n) is 3.36. The lowest BCUT2D eigenvalue weighted by Gasteiger charge is -2.19. The van der Waals surface area contributed by atoms with Gasteiger partial charge in [0.1, 0.15) is 0 Å². The van der Waals surface area contributed by atoms with Crippen molar-refractivity contribution in [1.82, 2.24) is 4.90 Å². The lowest BCUT2D eigenvalue weighted by molar-refractivity contribution is -0.114. The maximum Gasteiger partial charge on any atom is 0.256 e. The summed E-state index contributed by atoms with van der Waals surface area (Å²) in [5.41, 5.74) is 3.45.